The van der Waals surface area contributed by atoms with E-state index in [9.17, 15) is 9.59 Å². The number of fused-ring (bicyclic) bond motifs is 2. The summed E-state index contributed by atoms with van der Waals surface area (Å²) in [6.07, 6.45) is 0. The van der Waals surface area contributed by atoms with E-state index >= 15 is 0 Å². The summed E-state index contributed by atoms with van der Waals surface area (Å²) in [6.45, 7) is 1.60. The number of anilines is 1. The van der Waals surface area contributed by atoms with Gasteiger partial charge in [-0.3, -0.25) is 14.9 Å². The van der Waals surface area contributed by atoms with Gasteiger partial charge in [-0.05, 0) is 31.2 Å². The maximum atomic E-state index is 13.0. The number of carbonyl (C=O) groups is 2. The topological polar surface area (TPSA) is 120 Å². The number of hydrogen-bond acceptors (Lipinski definition) is 6. The summed E-state index contributed by atoms with van der Waals surface area (Å²) in [7, 11) is 6.31. The van der Waals surface area contributed by atoms with Gasteiger partial charge in [-0.2, -0.15) is 0 Å². The summed E-state index contributed by atoms with van der Waals surface area (Å²) < 4.78 is 18.1. The molecule has 0 aliphatic carbocycles. The van der Waals surface area contributed by atoms with Crippen molar-refractivity contribution >= 4 is 39.7 Å². The predicted molar refractivity (Wildman–Crippen MR) is 124 cm³/mol. The van der Waals surface area contributed by atoms with Crippen molar-refractivity contribution in [2.24, 2.45) is 7.05 Å². The van der Waals surface area contributed by atoms with E-state index < -0.39 is 17.9 Å². The number of imidazole rings is 1. The first-order valence-corrected chi connectivity index (χ1v) is 10.2. The number of H-pyrrole nitrogens is 1. The molecule has 2 aromatic carbocycles. The zero-order chi connectivity index (χ0) is 23.7. The van der Waals surface area contributed by atoms with Crippen molar-refractivity contribution in [1.29, 1.82) is 0 Å². The molecule has 0 saturated carbocycles. The van der Waals surface area contributed by atoms with Gasteiger partial charge in [0.2, 0.25) is 17.6 Å². The number of benzene rings is 2. The maximum absolute atomic E-state index is 13.0. The Morgan fingerprint density at radius 2 is 1.79 bits per heavy atom. The van der Waals surface area contributed by atoms with Gasteiger partial charge in [-0.1, -0.05) is 12.1 Å². The monoisotopic (exact) mass is 451 g/mol. The second-order valence-electron chi connectivity index (χ2n) is 7.46. The van der Waals surface area contributed by atoms with E-state index in [-0.39, 0.29) is 0 Å². The van der Waals surface area contributed by atoms with Crippen LogP contribution in [0.15, 0.2) is 36.4 Å². The predicted octanol–water partition coefficient (Wildman–Crippen LogP) is 2.84. The highest BCUT2D eigenvalue weighted by Gasteiger charge is 2.24. The van der Waals surface area contributed by atoms with Crippen molar-refractivity contribution in [2.45, 2.75) is 13.0 Å². The molecule has 0 spiro atoms. The van der Waals surface area contributed by atoms with E-state index in [1.807, 2.05) is 24.3 Å². The third-order valence-corrected chi connectivity index (χ3v) is 5.43. The standard InChI is InChI=1S/C23H25N5O5/c1-12(21(29)27-23-25-14-8-6-7-9-15(14)26-23)24-22(30)16-10-13-11-17(31-3)19(32-4)20(33-5)18(13)28(16)2/h6-12H,1-5H3,(H,24,30)(H2,25,26,27,29)/t12-/m1/s1. The number of para-hydroxylation sites is 2. The van der Waals surface area contributed by atoms with Crippen LogP contribution in [0.25, 0.3) is 21.9 Å². The van der Waals surface area contributed by atoms with Gasteiger partial charge in [-0.15, -0.1) is 0 Å². The van der Waals surface area contributed by atoms with Crippen molar-refractivity contribution in [2.75, 3.05) is 26.6 Å². The molecule has 2 amide bonds. The number of nitrogens with one attached hydrogen (secondary N) is 3. The smallest absolute Gasteiger partial charge is 0.268 e. The molecule has 0 fully saturated rings. The number of nitrogens with zero attached hydrogens (tertiary/aromatic N) is 2. The fourth-order valence-corrected chi connectivity index (χ4v) is 3.77. The average molecular weight is 451 g/mol. The molecule has 0 bridgehead atoms. The van der Waals surface area contributed by atoms with E-state index in [4.69, 9.17) is 14.2 Å². The van der Waals surface area contributed by atoms with Crippen molar-refractivity contribution in [3.8, 4) is 17.2 Å². The molecule has 0 aliphatic heterocycles. The van der Waals surface area contributed by atoms with Crippen LogP contribution in [0, 0.1) is 0 Å². The highest BCUT2D eigenvalue weighted by atomic mass is 16.5. The average Bonchev–Trinajstić information content (AvgIpc) is 3.37. The van der Waals surface area contributed by atoms with Crippen molar-refractivity contribution in [3.63, 3.8) is 0 Å². The SMILES string of the molecule is COc1cc2cc(C(=O)N[C@H](C)C(=O)Nc3nc4ccccc4[nH]3)n(C)c2c(OC)c1OC. The molecule has 0 radical (unpaired) electrons. The Kier molecular flexibility index (Phi) is 5.82. The van der Waals surface area contributed by atoms with Crippen molar-refractivity contribution in [1.82, 2.24) is 19.9 Å². The lowest BCUT2D eigenvalue weighted by atomic mass is 10.2. The maximum Gasteiger partial charge on any atom is 0.268 e. The lowest BCUT2D eigenvalue weighted by Gasteiger charge is -2.15. The van der Waals surface area contributed by atoms with Crippen LogP contribution in [0.2, 0.25) is 0 Å². The number of carbonyl (C=O) groups excluding carboxylic acids is 2. The Bertz CT molecular complexity index is 1320. The molecule has 10 heteroatoms. The summed E-state index contributed by atoms with van der Waals surface area (Å²) >= 11 is 0. The van der Waals surface area contributed by atoms with Gasteiger partial charge in [-0.25, -0.2) is 4.98 Å². The van der Waals surface area contributed by atoms with E-state index in [2.05, 4.69) is 20.6 Å². The number of amides is 2. The minimum absolute atomic E-state index is 0.316. The molecule has 0 saturated heterocycles. The minimum atomic E-state index is -0.810. The first-order valence-electron chi connectivity index (χ1n) is 10.2. The Hall–Kier alpha value is -4.21. The van der Waals surface area contributed by atoms with Crippen LogP contribution in [0.5, 0.6) is 17.2 Å². The normalized spacial score (nSPS) is 11.9. The van der Waals surface area contributed by atoms with E-state index in [1.54, 1.807) is 30.7 Å². The van der Waals surface area contributed by atoms with Gasteiger partial charge in [0.15, 0.2) is 11.5 Å². The van der Waals surface area contributed by atoms with Gasteiger partial charge in [0.25, 0.3) is 5.91 Å². The second-order valence-corrected chi connectivity index (χ2v) is 7.46. The molecule has 4 aromatic rings. The summed E-state index contributed by atoms with van der Waals surface area (Å²) in [5.41, 5.74) is 2.56. The lowest BCUT2D eigenvalue weighted by Crippen LogP contribution is -2.42. The van der Waals surface area contributed by atoms with Gasteiger partial charge < -0.3 is 29.1 Å². The Balaban J connectivity index is 1.56. The molecule has 172 valence electrons. The molecule has 2 heterocycles. The number of aromatic amines is 1. The number of aromatic nitrogens is 3. The van der Waals surface area contributed by atoms with E-state index in [1.165, 1.54) is 21.3 Å². The third-order valence-electron chi connectivity index (χ3n) is 5.43. The Morgan fingerprint density at radius 1 is 1.06 bits per heavy atom. The quantitative estimate of drug-likeness (QED) is 0.398. The molecule has 33 heavy (non-hydrogen) atoms. The van der Waals surface area contributed by atoms with Crippen LogP contribution in [0.4, 0.5) is 5.95 Å². The zero-order valence-corrected chi connectivity index (χ0v) is 19.0. The number of aryl methyl sites for hydroxylation is 1. The molecule has 3 N–H and O–H groups in total. The van der Waals surface area contributed by atoms with Crippen molar-refractivity contribution in [3.05, 3.63) is 42.1 Å². The fraction of sp³-hybridized carbons (Fsp3) is 0.261. The molecule has 4 rings (SSSR count). The van der Waals surface area contributed by atoms with E-state index in [0.717, 1.165) is 16.4 Å². The zero-order valence-electron chi connectivity index (χ0n) is 19.0. The molecule has 10 nitrogen and oxygen atoms in total. The van der Waals surface area contributed by atoms with Gasteiger partial charge in [0.1, 0.15) is 11.7 Å². The van der Waals surface area contributed by atoms with Crippen LogP contribution in [-0.2, 0) is 11.8 Å². The number of rotatable bonds is 7. The summed E-state index contributed by atoms with van der Waals surface area (Å²) in [6, 6.07) is 10.1. The lowest BCUT2D eigenvalue weighted by molar-refractivity contribution is -0.117. The molecule has 2 aromatic heterocycles. The van der Waals surface area contributed by atoms with Crippen LogP contribution in [0.1, 0.15) is 17.4 Å². The largest absolute Gasteiger partial charge is 0.493 e. The number of hydrogen-bond donors (Lipinski definition) is 3. The van der Waals surface area contributed by atoms with Gasteiger partial charge in [0, 0.05) is 12.4 Å². The van der Waals surface area contributed by atoms with Crippen molar-refractivity contribution < 1.29 is 23.8 Å². The molecule has 0 aliphatic rings. The van der Waals surface area contributed by atoms with Crippen LogP contribution in [0.3, 0.4) is 0 Å². The van der Waals surface area contributed by atoms with Crippen LogP contribution < -0.4 is 24.8 Å². The molecular formula is C23H25N5O5. The van der Waals surface area contributed by atoms with Gasteiger partial charge >= 0.3 is 0 Å². The van der Waals surface area contributed by atoms with Crippen LogP contribution >= 0.6 is 0 Å². The Morgan fingerprint density at radius 3 is 2.45 bits per heavy atom. The Labute approximate surface area is 189 Å². The third kappa shape index (κ3) is 3.91. The second kappa shape index (κ2) is 8.73. The summed E-state index contributed by atoms with van der Waals surface area (Å²) in [5, 5.41) is 6.16. The summed E-state index contributed by atoms with van der Waals surface area (Å²) in [5.74, 6) is 0.861. The molecular weight excluding hydrogens is 426 g/mol. The first-order chi connectivity index (χ1) is 15.9. The highest BCUT2D eigenvalue weighted by molar-refractivity contribution is 6.04. The molecule has 0 unspecified atom stereocenters. The number of methoxy groups -OCH3 is 3. The van der Waals surface area contributed by atoms with Gasteiger partial charge in [0.05, 0.1) is 37.9 Å². The van der Waals surface area contributed by atoms with Crippen LogP contribution in [-0.4, -0.2) is 53.7 Å². The minimum Gasteiger partial charge on any atom is -0.493 e. The highest BCUT2D eigenvalue weighted by Crippen LogP contribution is 2.44. The van der Waals surface area contributed by atoms with E-state index in [0.29, 0.717) is 34.4 Å². The first kappa shape index (κ1) is 22.0. The number of ether oxygens (including phenoxy) is 3. The molecule has 1 atom stereocenters. The summed E-state index contributed by atoms with van der Waals surface area (Å²) in [4.78, 5) is 33.0. The fourth-order valence-electron chi connectivity index (χ4n) is 3.77.